The Morgan fingerprint density at radius 3 is 2.33 bits per heavy atom. The quantitative estimate of drug-likeness (QED) is 0.718. The molecule has 0 aliphatic carbocycles. The molecule has 3 N–H and O–H groups in total. The van der Waals surface area contributed by atoms with Crippen LogP contribution in [0, 0.1) is 0 Å². The Balaban J connectivity index is 2.84. The van der Waals surface area contributed by atoms with Gasteiger partial charge in [0.15, 0.2) is 6.29 Å². The van der Waals surface area contributed by atoms with Gasteiger partial charge in [-0.05, 0) is 19.1 Å². The van der Waals surface area contributed by atoms with E-state index in [0.717, 1.165) is 5.69 Å². The molecule has 0 bridgehead atoms. The fraction of sp³-hybridized carbons (Fsp3) is 0.462. The van der Waals surface area contributed by atoms with Crippen LogP contribution in [-0.2, 0) is 14.3 Å². The summed E-state index contributed by atoms with van der Waals surface area (Å²) in [5.41, 5.74) is 5.36. The number of hydrogen-bond donors (Lipinski definition) is 2. The van der Waals surface area contributed by atoms with Crippen LogP contribution < -0.4 is 11.1 Å². The number of amides is 1. The molecule has 1 rings (SSSR count). The van der Waals surface area contributed by atoms with E-state index in [1.165, 1.54) is 14.2 Å². The molecule has 100 valence electrons. The highest BCUT2D eigenvalue weighted by molar-refractivity contribution is 5.87. The van der Waals surface area contributed by atoms with E-state index in [4.69, 9.17) is 15.2 Å². The van der Waals surface area contributed by atoms with Crippen molar-refractivity contribution < 1.29 is 14.3 Å². The Kier molecular flexibility index (Phi) is 5.12. The van der Waals surface area contributed by atoms with Gasteiger partial charge in [0.25, 0.3) is 0 Å². The number of anilines is 1. The molecule has 1 amide bonds. The first kappa shape index (κ1) is 14.5. The lowest BCUT2D eigenvalue weighted by molar-refractivity contribution is -0.134. The molecule has 1 aromatic rings. The number of primary amides is 1. The van der Waals surface area contributed by atoms with E-state index >= 15 is 0 Å². The second kappa shape index (κ2) is 6.37. The second-order valence-electron chi connectivity index (χ2n) is 4.29. The van der Waals surface area contributed by atoms with Gasteiger partial charge in [-0.15, -0.1) is 0 Å². The van der Waals surface area contributed by atoms with Crippen molar-refractivity contribution in [1.82, 2.24) is 0 Å². The van der Waals surface area contributed by atoms with Crippen LogP contribution in [0.2, 0.25) is 0 Å². The van der Waals surface area contributed by atoms with Crippen LogP contribution in [0.1, 0.15) is 13.3 Å². The fourth-order valence-electron chi connectivity index (χ4n) is 1.65. The van der Waals surface area contributed by atoms with Crippen LogP contribution >= 0.6 is 0 Å². The third-order valence-electron chi connectivity index (χ3n) is 2.84. The Hall–Kier alpha value is -1.59. The average molecular weight is 252 g/mol. The topological polar surface area (TPSA) is 73.6 Å². The van der Waals surface area contributed by atoms with E-state index in [-0.39, 0.29) is 0 Å². The van der Waals surface area contributed by atoms with E-state index < -0.39 is 17.7 Å². The van der Waals surface area contributed by atoms with Crippen LogP contribution in [0.5, 0.6) is 0 Å². The van der Waals surface area contributed by atoms with Crippen LogP contribution in [0.25, 0.3) is 0 Å². The molecule has 1 aromatic carbocycles. The van der Waals surface area contributed by atoms with Gasteiger partial charge in [0, 0.05) is 26.3 Å². The summed E-state index contributed by atoms with van der Waals surface area (Å²) in [6, 6.07) is 9.41. The Morgan fingerprint density at radius 1 is 1.33 bits per heavy atom. The molecule has 0 fully saturated rings. The summed E-state index contributed by atoms with van der Waals surface area (Å²) in [5, 5.41) is 3.12. The van der Waals surface area contributed by atoms with Gasteiger partial charge in [-0.3, -0.25) is 4.79 Å². The molecule has 1 unspecified atom stereocenters. The van der Waals surface area contributed by atoms with Crippen LogP contribution in [0.15, 0.2) is 30.3 Å². The summed E-state index contributed by atoms with van der Waals surface area (Å²) in [4.78, 5) is 11.6. The summed E-state index contributed by atoms with van der Waals surface area (Å²) in [5.74, 6) is -0.453. The van der Waals surface area contributed by atoms with Crippen LogP contribution in [0.3, 0.4) is 0 Å². The Morgan fingerprint density at radius 2 is 1.89 bits per heavy atom. The van der Waals surface area contributed by atoms with Gasteiger partial charge in [-0.2, -0.15) is 0 Å². The lowest BCUT2D eigenvalue weighted by atomic mass is 9.96. The number of carbonyl (C=O) groups excluding carboxylic acids is 1. The molecular weight excluding hydrogens is 232 g/mol. The lowest BCUT2D eigenvalue weighted by Crippen LogP contribution is -2.50. The molecule has 0 aliphatic rings. The SMILES string of the molecule is COC(CC(C)(Nc1ccccc1)C(N)=O)OC. The summed E-state index contributed by atoms with van der Waals surface area (Å²) in [7, 11) is 3.05. The normalized spacial score (nSPS) is 14.2. The first-order valence-corrected chi connectivity index (χ1v) is 5.70. The van der Waals surface area contributed by atoms with Gasteiger partial charge < -0.3 is 20.5 Å². The predicted octanol–water partition coefficient (Wildman–Crippen LogP) is 1.35. The van der Waals surface area contributed by atoms with Crippen molar-refractivity contribution in [3.63, 3.8) is 0 Å². The zero-order valence-electron chi connectivity index (χ0n) is 11.0. The fourth-order valence-corrected chi connectivity index (χ4v) is 1.65. The number of ether oxygens (including phenoxy) is 2. The number of carbonyl (C=O) groups is 1. The van der Waals surface area contributed by atoms with E-state index in [2.05, 4.69) is 5.32 Å². The van der Waals surface area contributed by atoms with Crippen molar-refractivity contribution in [2.45, 2.75) is 25.2 Å². The standard InChI is InChI=1S/C13H20N2O3/c1-13(12(14)16,9-11(17-2)18-3)15-10-7-5-4-6-8-10/h4-8,11,15H,9H2,1-3H3,(H2,14,16). The highest BCUT2D eigenvalue weighted by atomic mass is 16.7. The maximum Gasteiger partial charge on any atom is 0.243 e. The number of nitrogens with one attached hydrogen (secondary N) is 1. The summed E-state index contributed by atoms with van der Waals surface area (Å²) in [6.45, 7) is 1.73. The number of benzene rings is 1. The van der Waals surface area contributed by atoms with E-state index in [1.807, 2.05) is 30.3 Å². The van der Waals surface area contributed by atoms with Gasteiger partial charge in [-0.25, -0.2) is 0 Å². The molecule has 0 aliphatic heterocycles. The van der Waals surface area contributed by atoms with Crippen molar-refractivity contribution in [2.75, 3.05) is 19.5 Å². The average Bonchev–Trinajstić information content (AvgIpc) is 2.37. The van der Waals surface area contributed by atoms with Crippen LogP contribution in [0.4, 0.5) is 5.69 Å². The monoisotopic (exact) mass is 252 g/mol. The number of nitrogens with two attached hydrogens (primary N) is 1. The number of hydrogen-bond acceptors (Lipinski definition) is 4. The third-order valence-corrected chi connectivity index (χ3v) is 2.84. The Labute approximate surface area is 107 Å². The van der Waals surface area contributed by atoms with Crippen LogP contribution in [-0.4, -0.2) is 32.0 Å². The van der Waals surface area contributed by atoms with Gasteiger partial charge in [0.05, 0.1) is 0 Å². The number of rotatable bonds is 7. The third kappa shape index (κ3) is 3.72. The van der Waals surface area contributed by atoms with Gasteiger partial charge in [-0.1, -0.05) is 18.2 Å². The largest absolute Gasteiger partial charge is 0.371 e. The highest BCUT2D eigenvalue weighted by Crippen LogP contribution is 2.21. The number of para-hydroxylation sites is 1. The lowest BCUT2D eigenvalue weighted by Gasteiger charge is -2.31. The smallest absolute Gasteiger partial charge is 0.243 e. The molecule has 5 heteroatoms. The molecule has 1 atom stereocenters. The molecule has 0 saturated carbocycles. The minimum Gasteiger partial charge on any atom is -0.371 e. The molecule has 0 heterocycles. The van der Waals surface area contributed by atoms with Crippen molar-refractivity contribution in [2.24, 2.45) is 5.73 Å². The highest BCUT2D eigenvalue weighted by Gasteiger charge is 2.34. The van der Waals surface area contributed by atoms with E-state index in [1.54, 1.807) is 6.92 Å². The second-order valence-corrected chi connectivity index (χ2v) is 4.29. The van der Waals surface area contributed by atoms with Crippen molar-refractivity contribution in [1.29, 1.82) is 0 Å². The zero-order valence-corrected chi connectivity index (χ0v) is 11.0. The van der Waals surface area contributed by atoms with Gasteiger partial charge in [0.2, 0.25) is 5.91 Å². The van der Waals surface area contributed by atoms with E-state index in [9.17, 15) is 4.79 Å². The van der Waals surface area contributed by atoms with Crippen molar-refractivity contribution >= 4 is 11.6 Å². The van der Waals surface area contributed by atoms with Gasteiger partial charge in [0.1, 0.15) is 5.54 Å². The molecule has 5 nitrogen and oxygen atoms in total. The summed E-state index contributed by atoms with van der Waals surface area (Å²) >= 11 is 0. The molecule has 0 radical (unpaired) electrons. The van der Waals surface area contributed by atoms with E-state index in [0.29, 0.717) is 6.42 Å². The first-order chi connectivity index (χ1) is 8.51. The molecule has 18 heavy (non-hydrogen) atoms. The first-order valence-electron chi connectivity index (χ1n) is 5.70. The number of methoxy groups -OCH3 is 2. The Bertz CT molecular complexity index is 379. The minimum atomic E-state index is -0.932. The maximum absolute atomic E-state index is 11.6. The molecule has 0 aromatic heterocycles. The summed E-state index contributed by atoms with van der Waals surface area (Å²) < 4.78 is 10.2. The van der Waals surface area contributed by atoms with Crippen molar-refractivity contribution in [3.05, 3.63) is 30.3 Å². The maximum atomic E-state index is 11.6. The molecular formula is C13H20N2O3. The minimum absolute atomic E-state index is 0.324. The summed E-state index contributed by atoms with van der Waals surface area (Å²) in [6.07, 6.45) is -0.164. The zero-order chi connectivity index (χ0) is 13.6. The predicted molar refractivity (Wildman–Crippen MR) is 70.1 cm³/mol. The van der Waals surface area contributed by atoms with Crippen molar-refractivity contribution in [3.8, 4) is 0 Å². The molecule has 0 saturated heterocycles. The van der Waals surface area contributed by atoms with Gasteiger partial charge >= 0.3 is 0 Å². The molecule has 0 spiro atoms.